The van der Waals surface area contributed by atoms with Crippen LogP contribution in [-0.2, 0) is 6.54 Å². The number of nitrogens with one attached hydrogen (secondary N) is 1. The lowest BCUT2D eigenvalue weighted by molar-refractivity contribution is 0.626. The van der Waals surface area contributed by atoms with Crippen LogP contribution in [0, 0.1) is 5.82 Å². The summed E-state index contributed by atoms with van der Waals surface area (Å²) in [5.74, 6) is -0.224. The van der Waals surface area contributed by atoms with E-state index >= 15 is 0 Å². The highest BCUT2D eigenvalue weighted by Gasteiger charge is 1.99. The average Bonchev–Trinajstić information content (AvgIpc) is 2.28. The van der Waals surface area contributed by atoms with E-state index in [0.29, 0.717) is 11.6 Å². The van der Waals surface area contributed by atoms with Gasteiger partial charge in [0.15, 0.2) is 0 Å². The summed E-state index contributed by atoms with van der Waals surface area (Å²) in [6, 6.07) is 14.0. The summed E-state index contributed by atoms with van der Waals surface area (Å²) in [5.41, 5.74) is 1.74. The van der Waals surface area contributed by atoms with Crippen molar-refractivity contribution in [2.24, 2.45) is 0 Å². The summed E-state index contributed by atoms with van der Waals surface area (Å²) in [4.78, 5) is 0. The SMILES string of the molecule is Fc1cccc(CNc2ccccc2Cl)c1. The maximum Gasteiger partial charge on any atom is 0.123 e. The van der Waals surface area contributed by atoms with Crippen LogP contribution in [0.1, 0.15) is 5.56 Å². The predicted molar refractivity (Wildman–Crippen MR) is 65.2 cm³/mol. The first kappa shape index (κ1) is 11.0. The Morgan fingerprint density at radius 3 is 2.62 bits per heavy atom. The molecule has 0 saturated carbocycles. The fraction of sp³-hybridized carbons (Fsp3) is 0.0769. The van der Waals surface area contributed by atoms with Crippen molar-refractivity contribution in [2.75, 3.05) is 5.32 Å². The van der Waals surface area contributed by atoms with Crippen LogP contribution in [0.5, 0.6) is 0 Å². The fourth-order valence-corrected chi connectivity index (χ4v) is 1.65. The lowest BCUT2D eigenvalue weighted by Gasteiger charge is -2.08. The van der Waals surface area contributed by atoms with Crippen molar-refractivity contribution in [3.05, 3.63) is 64.9 Å². The van der Waals surface area contributed by atoms with Crippen LogP contribution in [0.2, 0.25) is 5.02 Å². The van der Waals surface area contributed by atoms with Gasteiger partial charge < -0.3 is 5.32 Å². The van der Waals surface area contributed by atoms with Crippen LogP contribution < -0.4 is 5.32 Å². The largest absolute Gasteiger partial charge is 0.380 e. The number of halogens is 2. The zero-order valence-electron chi connectivity index (χ0n) is 8.58. The normalized spacial score (nSPS) is 10.1. The van der Waals surface area contributed by atoms with Crippen molar-refractivity contribution in [3.63, 3.8) is 0 Å². The monoisotopic (exact) mass is 235 g/mol. The summed E-state index contributed by atoms with van der Waals surface area (Å²) in [6.07, 6.45) is 0. The van der Waals surface area contributed by atoms with Gasteiger partial charge in [0.05, 0.1) is 10.7 Å². The second-order valence-electron chi connectivity index (χ2n) is 3.46. The van der Waals surface area contributed by atoms with Gasteiger partial charge in [0.25, 0.3) is 0 Å². The van der Waals surface area contributed by atoms with E-state index in [1.54, 1.807) is 6.07 Å². The standard InChI is InChI=1S/C13H11ClFN/c14-12-6-1-2-7-13(12)16-9-10-4-3-5-11(15)8-10/h1-8,16H,9H2. The van der Waals surface area contributed by atoms with Crippen molar-refractivity contribution in [2.45, 2.75) is 6.54 Å². The first-order valence-electron chi connectivity index (χ1n) is 4.98. The highest BCUT2D eigenvalue weighted by atomic mass is 35.5. The van der Waals surface area contributed by atoms with Gasteiger partial charge >= 0.3 is 0 Å². The van der Waals surface area contributed by atoms with Gasteiger partial charge in [-0.15, -0.1) is 0 Å². The Hall–Kier alpha value is -1.54. The van der Waals surface area contributed by atoms with Gasteiger partial charge in [0.2, 0.25) is 0 Å². The van der Waals surface area contributed by atoms with Crippen LogP contribution in [0.25, 0.3) is 0 Å². The Balaban J connectivity index is 2.05. The van der Waals surface area contributed by atoms with Crippen LogP contribution in [-0.4, -0.2) is 0 Å². The molecule has 0 aliphatic heterocycles. The van der Waals surface area contributed by atoms with E-state index in [0.717, 1.165) is 11.3 Å². The minimum absolute atomic E-state index is 0.224. The highest BCUT2D eigenvalue weighted by Crippen LogP contribution is 2.21. The molecule has 1 nitrogen and oxygen atoms in total. The minimum atomic E-state index is -0.224. The molecule has 1 N–H and O–H groups in total. The third kappa shape index (κ3) is 2.74. The maximum absolute atomic E-state index is 12.9. The lowest BCUT2D eigenvalue weighted by atomic mass is 10.2. The summed E-state index contributed by atoms with van der Waals surface area (Å²) in [6.45, 7) is 0.557. The summed E-state index contributed by atoms with van der Waals surface area (Å²) in [7, 11) is 0. The van der Waals surface area contributed by atoms with E-state index in [4.69, 9.17) is 11.6 Å². The molecule has 0 atom stereocenters. The maximum atomic E-state index is 12.9. The van der Waals surface area contributed by atoms with Gasteiger partial charge in [0, 0.05) is 6.54 Å². The average molecular weight is 236 g/mol. The molecule has 16 heavy (non-hydrogen) atoms. The number of hydrogen-bond donors (Lipinski definition) is 1. The zero-order chi connectivity index (χ0) is 11.4. The van der Waals surface area contributed by atoms with E-state index in [9.17, 15) is 4.39 Å². The predicted octanol–water partition coefficient (Wildman–Crippen LogP) is 4.09. The Morgan fingerprint density at radius 1 is 1.06 bits per heavy atom. The van der Waals surface area contributed by atoms with E-state index in [2.05, 4.69) is 5.32 Å². The molecule has 0 aromatic heterocycles. The van der Waals surface area contributed by atoms with Crippen LogP contribution in [0.3, 0.4) is 0 Å². The van der Waals surface area contributed by atoms with Crippen molar-refractivity contribution in [1.29, 1.82) is 0 Å². The number of benzene rings is 2. The van der Waals surface area contributed by atoms with E-state index in [1.165, 1.54) is 12.1 Å². The Labute approximate surface area is 98.9 Å². The minimum Gasteiger partial charge on any atom is -0.380 e. The second kappa shape index (κ2) is 4.99. The van der Waals surface area contributed by atoms with Gasteiger partial charge in [-0.2, -0.15) is 0 Å². The highest BCUT2D eigenvalue weighted by molar-refractivity contribution is 6.33. The molecule has 3 heteroatoms. The molecular weight excluding hydrogens is 225 g/mol. The molecule has 0 fully saturated rings. The Kier molecular flexibility index (Phi) is 3.42. The summed E-state index contributed by atoms with van der Waals surface area (Å²) < 4.78 is 12.9. The Bertz CT molecular complexity index is 485. The quantitative estimate of drug-likeness (QED) is 0.845. The molecule has 2 aromatic rings. The topological polar surface area (TPSA) is 12.0 Å². The number of hydrogen-bond acceptors (Lipinski definition) is 1. The van der Waals surface area contributed by atoms with Crippen molar-refractivity contribution >= 4 is 17.3 Å². The molecule has 0 amide bonds. The number of para-hydroxylation sites is 1. The molecular formula is C13H11ClFN. The molecule has 82 valence electrons. The zero-order valence-corrected chi connectivity index (χ0v) is 9.34. The number of rotatable bonds is 3. The molecule has 0 saturated heterocycles. The van der Waals surface area contributed by atoms with Crippen molar-refractivity contribution in [1.82, 2.24) is 0 Å². The molecule has 0 aliphatic carbocycles. The van der Waals surface area contributed by atoms with Gasteiger partial charge in [-0.3, -0.25) is 0 Å². The molecule has 0 unspecified atom stereocenters. The molecule has 2 aromatic carbocycles. The van der Waals surface area contributed by atoms with Gasteiger partial charge in [-0.25, -0.2) is 4.39 Å². The van der Waals surface area contributed by atoms with E-state index in [1.807, 2.05) is 30.3 Å². The summed E-state index contributed by atoms with van der Waals surface area (Å²) in [5, 5.41) is 3.82. The first-order valence-corrected chi connectivity index (χ1v) is 5.36. The fourth-order valence-electron chi connectivity index (χ4n) is 1.45. The molecule has 0 spiro atoms. The van der Waals surface area contributed by atoms with Crippen molar-refractivity contribution < 1.29 is 4.39 Å². The molecule has 0 aliphatic rings. The van der Waals surface area contributed by atoms with Gasteiger partial charge in [-0.05, 0) is 29.8 Å². The van der Waals surface area contributed by atoms with E-state index in [-0.39, 0.29) is 5.82 Å². The first-order chi connectivity index (χ1) is 7.75. The molecule has 0 heterocycles. The van der Waals surface area contributed by atoms with Crippen LogP contribution >= 0.6 is 11.6 Å². The molecule has 0 radical (unpaired) electrons. The van der Waals surface area contributed by atoms with E-state index < -0.39 is 0 Å². The van der Waals surface area contributed by atoms with Crippen LogP contribution in [0.15, 0.2) is 48.5 Å². The molecule has 2 rings (SSSR count). The third-order valence-corrected chi connectivity index (χ3v) is 2.58. The Morgan fingerprint density at radius 2 is 1.88 bits per heavy atom. The van der Waals surface area contributed by atoms with Gasteiger partial charge in [-0.1, -0.05) is 35.9 Å². The number of anilines is 1. The van der Waals surface area contributed by atoms with Gasteiger partial charge in [0.1, 0.15) is 5.82 Å². The lowest BCUT2D eigenvalue weighted by Crippen LogP contribution is -1.99. The second-order valence-corrected chi connectivity index (χ2v) is 3.87. The summed E-state index contributed by atoms with van der Waals surface area (Å²) >= 11 is 5.99. The van der Waals surface area contributed by atoms with Crippen molar-refractivity contribution in [3.8, 4) is 0 Å². The molecule has 0 bridgehead atoms. The third-order valence-electron chi connectivity index (χ3n) is 2.25. The smallest absolute Gasteiger partial charge is 0.123 e. The van der Waals surface area contributed by atoms with Crippen LogP contribution in [0.4, 0.5) is 10.1 Å².